The fraction of sp³-hybridized carbons (Fsp3) is 0.762. The van der Waals surface area contributed by atoms with E-state index < -0.39 is 65.8 Å². The quantitative estimate of drug-likeness (QED) is 0.409. The van der Waals surface area contributed by atoms with E-state index >= 15 is 0 Å². The van der Waals surface area contributed by atoms with Crippen molar-refractivity contribution in [1.29, 1.82) is 0 Å². The maximum Gasteiger partial charge on any atom is 0.306 e. The summed E-state index contributed by atoms with van der Waals surface area (Å²) >= 11 is 0. The van der Waals surface area contributed by atoms with Crippen LogP contribution in [0.2, 0.25) is 0 Å². The van der Waals surface area contributed by atoms with Gasteiger partial charge in [0.2, 0.25) is 5.91 Å². The number of carbonyl (C=O) groups excluding carboxylic acids is 5. The average Bonchev–Trinajstić information content (AvgIpc) is 2.59. The first kappa shape index (κ1) is 27.3. The summed E-state index contributed by atoms with van der Waals surface area (Å²) in [7, 11) is 0. The second kappa shape index (κ2) is 11.8. The lowest BCUT2D eigenvalue weighted by molar-refractivity contribution is -0.224. The van der Waals surface area contributed by atoms with Crippen molar-refractivity contribution in [3.8, 4) is 0 Å². The van der Waals surface area contributed by atoms with Gasteiger partial charge in [-0.1, -0.05) is 0 Å². The fourth-order valence-electron chi connectivity index (χ4n) is 3.32. The standard InChI is InChI=1S/C21H33NO10/c1-11(23)22-18-15(8-9-17(27)32-21(5,6)7)31-16(10-28-12(2)24)19(29-13(3)25)20(18)30-14(4)26/h15-16,18-20H,8-10H2,1-7H3,(H,22,23)/t15-,16-,18+,19-,20-/m1/s1. The van der Waals surface area contributed by atoms with Crippen LogP contribution in [0, 0.1) is 0 Å². The molecule has 5 atom stereocenters. The Labute approximate surface area is 187 Å². The van der Waals surface area contributed by atoms with Gasteiger partial charge in [0.05, 0.1) is 12.1 Å². The van der Waals surface area contributed by atoms with Crippen molar-refractivity contribution in [3.63, 3.8) is 0 Å². The molecule has 0 aromatic carbocycles. The van der Waals surface area contributed by atoms with Crippen molar-refractivity contribution in [1.82, 2.24) is 5.32 Å². The number of hydrogen-bond donors (Lipinski definition) is 1. The van der Waals surface area contributed by atoms with Crippen molar-refractivity contribution in [2.75, 3.05) is 6.61 Å². The van der Waals surface area contributed by atoms with Gasteiger partial charge in [-0.3, -0.25) is 24.0 Å². The van der Waals surface area contributed by atoms with Gasteiger partial charge in [-0.25, -0.2) is 0 Å². The van der Waals surface area contributed by atoms with Crippen LogP contribution < -0.4 is 5.32 Å². The molecule has 0 bridgehead atoms. The van der Waals surface area contributed by atoms with E-state index in [2.05, 4.69) is 5.32 Å². The second-order valence-corrected chi connectivity index (χ2v) is 8.52. The summed E-state index contributed by atoms with van der Waals surface area (Å²) in [5.41, 5.74) is -0.680. The van der Waals surface area contributed by atoms with Gasteiger partial charge < -0.3 is 29.0 Å². The van der Waals surface area contributed by atoms with Crippen LogP contribution in [0.5, 0.6) is 0 Å². The second-order valence-electron chi connectivity index (χ2n) is 8.52. The molecule has 1 heterocycles. The Balaban J connectivity index is 3.23. The molecule has 1 aliphatic heterocycles. The number of carbonyl (C=O) groups is 5. The third-order valence-electron chi connectivity index (χ3n) is 4.27. The lowest BCUT2D eigenvalue weighted by Gasteiger charge is -2.45. The van der Waals surface area contributed by atoms with Gasteiger partial charge in [0.1, 0.15) is 18.3 Å². The van der Waals surface area contributed by atoms with Gasteiger partial charge in [0.15, 0.2) is 12.2 Å². The molecule has 11 heteroatoms. The Morgan fingerprint density at radius 1 is 0.844 bits per heavy atom. The first-order valence-electron chi connectivity index (χ1n) is 10.3. The third-order valence-corrected chi connectivity index (χ3v) is 4.27. The largest absolute Gasteiger partial charge is 0.463 e. The number of esters is 4. The Bertz CT molecular complexity index is 714. The molecule has 1 rings (SSSR count). The molecule has 0 aliphatic carbocycles. The van der Waals surface area contributed by atoms with Crippen molar-refractivity contribution in [2.45, 2.75) is 97.4 Å². The summed E-state index contributed by atoms with van der Waals surface area (Å²) in [4.78, 5) is 58.9. The first-order valence-corrected chi connectivity index (χ1v) is 10.3. The molecular formula is C21H33NO10. The first-order chi connectivity index (χ1) is 14.7. The molecule has 0 unspecified atom stereocenters. The number of ether oxygens (including phenoxy) is 5. The highest BCUT2D eigenvalue weighted by atomic mass is 16.6. The van der Waals surface area contributed by atoms with Crippen LogP contribution in [0.1, 0.15) is 61.3 Å². The highest BCUT2D eigenvalue weighted by Gasteiger charge is 2.50. The van der Waals surface area contributed by atoms with E-state index in [4.69, 9.17) is 23.7 Å². The number of rotatable bonds is 8. The van der Waals surface area contributed by atoms with Crippen molar-refractivity contribution in [2.24, 2.45) is 0 Å². The lowest BCUT2D eigenvalue weighted by atomic mass is 9.89. The van der Waals surface area contributed by atoms with Gasteiger partial charge in [-0.15, -0.1) is 0 Å². The van der Waals surface area contributed by atoms with Gasteiger partial charge >= 0.3 is 23.9 Å². The predicted molar refractivity (Wildman–Crippen MR) is 109 cm³/mol. The number of nitrogens with one attached hydrogen (secondary N) is 1. The minimum atomic E-state index is -1.16. The van der Waals surface area contributed by atoms with Crippen LogP contribution in [-0.2, 0) is 47.7 Å². The zero-order valence-electron chi connectivity index (χ0n) is 19.6. The van der Waals surface area contributed by atoms with Gasteiger partial charge in [-0.2, -0.15) is 0 Å². The molecule has 0 saturated carbocycles. The topological polar surface area (TPSA) is 144 Å². The summed E-state index contributed by atoms with van der Waals surface area (Å²) < 4.78 is 27.1. The molecular weight excluding hydrogens is 426 g/mol. The molecule has 32 heavy (non-hydrogen) atoms. The highest BCUT2D eigenvalue weighted by Crippen LogP contribution is 2.29. The van der Waals surface area contributed by atoms with Gasteiger partial charge in [0, 0.05) is 34.1 Å². The van der Waals surface area contributed by atoms with Crippen LogP contribution >= 0.6 is 0 Å². The van der Waals surface area contributed by atoms with E-state index in [0.29, 0.717) is 0 Å². The number of amides is 1. The summed E-state index contributed by atoms with van der Waals surface area (Å²) in [6.07, 6.45) is -4.09. The van der Waals surface area contributed by atoms with Crippen molar-refractivity contribution >= 4 is 29.8 Å². The highest BCUT2D eigenvalue weighted by molar-refractivity contribution is 5.74. The van der Waals surface area contributed by atoms with E-state index in [-0.39, 0.29) is 19.4 Å². The van der Waals surface area contributed by atoms with Crippen LogP contribution in [-0.4, -0.2) is 72.5 Å². The van der Waals surface area contributed by atoms with Crippen molar-refractivity contribution in [3.05, 3.63) is 0 Å². The van der Waals surface area contributed by atoms with Gasteiger partial charge in [-0.05, 0) is 27.2 Å². The van der Waals surface area contributed by atoms with E-state index in [1.807, 2.05) is 0 Å². The minimum Gasteiger partial charge on any atom is -0.463 e. The Morgan fingerprint density at radius 2 is 1.41 bits per heavy atom. The molecule has 0 radical (unpaired) electrons. The predicted octanol–water partition coefficient (Wildman–Crippen LogP) is 0.807. The Morgan fingerprint density at radius 3 is 1.88 bits per heavy atom. The van der Waals surface area contributed by atoms with E-state index in [1.54, 1.807) is 20.8 Å². The Hall–Kier alpha value is -2.69. The molecule has 1 N–H and O–H groups in total. The van der Waals surface area contributed by atoms with Crippen LogP contribution in [0.25, 0.3) is 0 Å². The summed E-state index contributed by atoms with van der Waals surface area (Å²) in [5.74, 6) is -2.88. The monoisotopic (exact) mass is 459 g/mol. The van der Waals surface area contributed by atoms with E-state index in [1.165, 1.54) is 20.8 Å². The Kier molecular flexibility index (Phi) is 10.1. The molecule has 11 nitrogen and oxygen atoms in total. The van der Waals surface area contributed by atoms with Gasteiger partial charge in [0.25, 0.3) is 0 Å². The average molecular weight is 459 g/mol. The maximum atomic E-state index is 12.2. The van der Waals surface area contributed by atoms with Crippen LogP contribution in [0.3, 0.4) is 0 Å². The van der Waals surface area contributed by atoms with E-state index in [9.17, 15) is 24.0 Å². The smallest absolute Gasteiger partial charge is 0.306 e. The number of hydrogen-bond acceptors (Lipinski definition) is 10. The zero-order valence-corrected chi connectivity index (χ0v) is 19.6. The normalized spacial score (nSPS) is 25.3. The zero-order chi connectivity index (χ0) is 24.6. The molecule has 182 valence electrons. The molecule has 1 fully saturated rings. The summed E-state index contributed by atoms with van der Waals surface area (Å²) in [6, 6.07) is -0.934. The molecule has 1 aliphatic rings. The van der Waals surface area contributed by atoms with E-state index in [0.717, 1.165) is 6.92 Å². The summed E-state index contributed by atoms with van der Waals surface area (Å²) in [5, 5.41) is 2.66. The third kappa shape index (κ3) is 9.63. The van der Waals surface area contributed by atoms with Crippen LogP contribution in [0.4, 0.5) is 0 Å². The fourth-order valence-corrected chi connectivity index (χ4v) is 3.32. The molecule has 0 aromatic rings. The molecule has 0 aromatic heterocycles. The molecule has 1 saturated heterocycles. The lowest BCUT2D eigenvalue weighted by Crippen LogP contribution is -2.66. The SMILES string of the molecule is CC(=O)N[C@@H]1[C@@H](OC(C)=O)[C@H](OC(C)=O)[C@@H](COC(C)=O)O[C@@H]1CCC(=O)OC(C)(C)C. The maximum absolute atomic E-state index is 12.2. The molecule has 0 spiro atoms. The molecule has 1 amide bonds. The summed E-state index contributed by atoms with van der Waals surface area (Å²) in [6.45, 7) is 9.71. The van der Waals surface area contributed by atoms with Crippen molar-refractivity contribution < 1.29 is 47.7 Å². The van der Waals surface area contributed by atoms with Crippen LogP contribution in [0.15, 0.2) is 0 Å². The minimum absolute atomic E-state index is 0.0523.